The van der Waals surface area contributed by atoms with Crippen LogP contribution in [0.25, 0.3) is 0 Å². The van der Waals surface area contributed by atoms with Gasteiger partial charge in [0.1, 0.15) is 6.04 Å². The number of carbonyl (C=O) groups excluding carboxylic acids is 2. The third kappa shape index (κ3) is 10.1. The summed E-state index contributed by atoms with van der Waals surface area (Å²) in [6.07, 6.45) is 4.52. The fraction of sp³-hybridized carbons (Fsp3) is 0.857. The molecule has 2 unspecified atom stereocenters. The van der Waals surface area contributed by atoms with Gasteiger partial charge in [0.25, 0.3) is 0 Å². The standard InChI is InChI=1S/C14H28N2O3S/c1-4-6-7-8-11(3)16-13(17)10-20-9-12(15)14(18)19-5-2/h11-12H,4-10,15H2,1-3H3,(H,16,17). The second kappa shape index (κ2) is 12.0. The first-order chi connectivity index (χ1) is 9.51. The van der Waals surface area contributed by atoms with Gasteiger partial charge in [-0.15, -0.1) is 11.8 Å². The van der Waals surface area contributed by atoms with Gasteiger partial charge in [-0.2, -0.15) is 0 Å². The molecular formula is C14H28N2O3S. The van der Waals surface area contributed by atoms with Gasteiger partial charge in [0, 0.05) is 11.8 Å². The molecule has 2 atom stereocenters. The summed E-state index contributed by atoms with van der Waals surface area (Å²) >= 11 is 1.36. The van der Waals surface area contributed by atoms with E-state index in [1.807, 2.05) is 6.92 Å². The molecule has 0 fully saturated rings. The summed E-state index contributed by atoms with van der Waals surface area (Å²) in [6.45, 7) is 6.24. The van der Waals surface area contributed by atoms with E-state index < -0.39 is 12.0 Å². The SMILES string of the molecule is CCCCCC(C)NC(=O)CSCC(N)C(=O)OCC. The van der Waals surface area contributed by atoms with Gasteiger partial charge in [-0.25, -0.2) is 0 Å². The van der Waals surface area contributed by atoms with Gasteiger partial charge in [0.15, 0.2) is 0 Å². The third-order valence-electron chi connectivity index (χ3n) is 2.77. The first-order valence-corrected chi connectivity index (χ1v) is 8.46. The van der Waals surface area contributed by atoms with Crippen LogP contribution in [-0.4, -0.2) is 42.1 Å². The lowest BCUT2D eigenvalue weighted by atomic mass is 10.1. The molecule has 0 radical (unpaired) electrons. The number of rotatable bonds is 11. The van der Waals surface area contributed by atoms with Gasteiger partial charge >= 0.3 is 5.97 Å². The highest BCUT2D eigenvalue weighted by molar-refractivity contribution is 8.00. The summed E-state index contributed by atoms with van der Waals surface area (Å²) in [5.74, 6) is 0.310. The van der Waals surface area contributed by atoms with Gasteiger partial charge in [-0.3, -0.25) is 9.59 Å². The first-order valence-electron chi connectivity index (χ1n) is 7.30. The molecule has 0 aliphatic heterocycles. The monoisotopic (exact) mass is 304 g/mol. The van der Waals surface area contributed by atoms with Crippen LogP contribution >= 0.6 is 11.8 Å². The Morgan fingerprint density at radius 3 is 2.60 bits per heavy atom. The zero-order valence-corrected chi connectivity index (χ0v) is 13.6. The molecule has 0 spiro atoms. The van der Waals surface area contributed by atoms with E-state index in [2.05, 4.69) is 12.2 Å². The molecule has 6 heteroatoms. The van der Waals surface area contributed by atoms with Gasteiger partial charge in [-0.1, -0.05) is 26.2 Å². The van der Waals surface area contributed by atoms with Gasteiger partial charge in [-0.05, 0) is 20.3 Å². The minimum Gasteiger partial charge on any atom is -0.465 e. The van der Waals surface area contributed by atoms with E-state index in [9.17, 15) is 9.59 Å². The molecule has 0 saturated carbocycles. The zero-order valence-electron chi connectivity index (χ0n) is 12.8. The maximum Gasteiger partial charge on any atom is 0.323 e. The Labute approximate surface area is 126 Å². The fourth-order valence-corrected chi connectivity index (χ4v) is 2.46. The molecule has 0 saturated heterocycles. The number of hydrogen-bond donors (Lipinski definition) is 2. The Morgan fingerprint density at radius 2 is 2.00 bits per heavy atom. The van der Waals surface area contributed by atoms with Gasteiger partial charge in [0.2, 0.25) is 5.91 Å². The van der Waals surface area contributed by atoms with Crippen molar-refractivity contribution in [1.82, 2.24) is 5.32 Å². The van der Waals surface area contributed by atoms with E-state index in [0.717, 1.165) is 12.8 Å². The maximum atomic E-state index is 11.7. The Kier molecular flexibility index (Phi) is 11.6. The van der Waals surface area contributed by atoms with E-state index in [0.29, 0.717) is 18.1 Å². The van der Waals surface area contributed by atoms with Crippen molar-refractivity contribution in [1.29, 1.82) is 0 Å². The number of ether oxygens (including phenoxy) is 1. The molecule has 0 aromatic rings. The summed E-state index contributed by atoms with van der Waals surface area (Å²) in [6, 6.07) is -0.455. The second-order valence-corrected chi connectivity index (χ2v) is 5.87. The third-order valence-corrected chi connectivity index (χ3v) is 3.83. The zero-order chi connectivity index (χ0) is 15.4. The lowest BCUT2D eigenvalue weighted by molar-refractivity contribution is -0.144. The van der Waals surface area contributed by atoms with Crippen LogP contribution in [0.3, 0.4) is 0 Å². The van der Waals surface area contributed by atoms with Crippen LogP contribution in [0.15, 0.2) is 0 Å². The van der Waals surface area contributed by atoms with Crippen molar-refractivity contribution in [3.63, 3.8) is 0 Å². The van der Waals surface area contributed by atoms with Crippen LogP contribution in [0, 0.1) is 0 Å². The largest absolute Gasteiger partial charge is 0.465 e. The van der Waals surface area contributed by atoms with Gasteiger partial charge < -0.3 is 15.8 Å². The van der Waals surface area contributed by atoms with Crippen molar-refractivity contribution < 1.29 is 14.3 Å². The number of carbonyl (C=O) groups is 2. The van der Waals surface area contributed by atoms with Crippen molar-refractivity contribution in [2.75, 3.05) is 18.1 Å². The molecule has 0 aliphatic rings. The number of hydrogen-bond acceptors (Lipinski definition) is 5. The minimum absolute atomic E-state index is 0.00458. The van der Waals surface area contributed by atoms with Crippen LogP contribution in [0.5, 0.6) is 0 Å². The highest BCUT2D eigenvalue weighted by Crippen LogP contribution is 2.05. The summed E-state index contributed by atoms with van der Waals surface area (Å²) < 4.78 is 4.80. The smallest absolute Gasteiger partial charge is 0.323 e. The van der Waals surface area contributed by atoms with E-state index in [-0.39, 0.29) is 11.9 Å². The predicted molar refractivity (Wildman–Crippen MR) is 83.7 cm³/mol. The molecule has 5 nitrogen and oxygen atoms in total. The predicted octanol–water partition coefficient (Wildman–Crippen LogP) is 1.70. The van der Waals surface area contributed by atoms with Crippen molar-refractivity contribution in [3.8, 4) is 0 Å². The minimum atomic E-state index is -0.658. The molecule has 0 rings (SSSR count). The Balaban J connectivity index is 3.69. The number of thioether (sulfide) groups is 1. The fourth-order valence-electron chi connectivity index (χ4n) is 1.69. The Hall–Kier alpha value is -0.750. The quantitative estimate of drug-likeness (QED) is 0.448. The molecule has 3 N–H and O–H groups in total. The van der Waals surface area contributed by atoms with Crippen LogP contribution < -0.4 is 11.1 Å². The molecule has 0 aliphatic carbocycles. The van der Waals surface area contributed by atoms with E-state index >= 15 is 0 Å². The highest BCUT2D eigenvalue weighted by atomic mass is 32.2. The van der Waals surface area contributed by atoms with Crippen molar-refractivity contribution in [2.45, 2.75) is 58.5 Å². The second-order valence-electron chi connectivity index (χ2n) is 4.84. The van der Waals surface area contributed by atoms with Crippen LogP contribution in [0.4, 0.5) is 0 Å². The lowest BCUT2D eigenvalue weighted by Crippen LogP contribution is -2.36. The lowest BCUT2D eigenvalue weighted by Gasteiger charge is -2.14. The average molecular weight is 304 g/mol. The van der Waals surface area contributed by atoms with E-state index in [4.69, 9.17) is 10.5 Å². The topological polar surface area (TPSA) is 81.4 Å². The van der Waals surface area contributed by atoms with Crippen LogP contribution in [0.2, 0.25) is 0 Å². The highest BCUT2D eigenvalue weighted by Gasteiger charge is 2.15. The average Bonchev–Trinajstić information content (AvgIpc) is 2.39. The van der Waals surface area contributed by atoms with Gasteiger partial charge in [0.05, 0.1) is 12.4 Å². The number of nitrogens with one attached hydrogen (secondary N) is 1. The Bertz CT molecular complexity index is 288. The van der Waals surface area contributed by atoms with Crippen LogP contribution in [0.1, 0.15) is 46.5 Å². The Morgan fingerprint density at radius 1 is 1.30 bits per heavy atom. The summed E-state index contributed by atoms with van der Waals surface area (Å²) in [7, 11) is 0. The van der Waals surface area contributed by atoms with Crippen molar-refractivity contribution >= 4 is 23.6 Å². The molecule has 0 heterocycles. The van der Waals surface area contributed by atoms with E-state index in [1.54, 1.807) is 6.92 Å². The number of unbranched alkanes of at least 4 members (excludes halogenated alkanes) is 2. The summed E-state index contributed by atoms with van der Waals surface area (Å²) in [5, 5.41) is 2.95. The van der Waals surface area contributed by atoms with Crippen LogP contribution in [-0.2, 0) is 14.3 Å². The molecule has 20 heavy (non-hydrogen) atoms. The maximum absolute atomic E-state index is 11.7. The molecule has 0 aromatic heterocycles. The molecule has 118 valence electrons. The number of amides is 1. The van der Waals surface area contributed by atoms with Crippen molar-refractivity contribution in [2.24, 2.45) is 5.73 Å². The molecule has 0 aromatic carbocycles. The molecular weight excluding hydrogens is 276 g/mol. The number of nitrogens with two attached hydrogens (primary N) is 1. The molecule has 1 amide bonds. The normalized spacial score (nSPS) is 13.6. The summed E-state index contributed by atoms with van der Waals surface area (Å²) in [4.78, 5) is 23.0. The number of esters is 1. The molecule has 0 bridgehead atoms. The summed E-state index contributed by atoms with van der Waals surface area (Å²) in [5.41, 5.74) is 5.64. The first kappa shape index (κ1) is 19.2. The van der Waals surface area contributed by atoms with E-state index in [1.165, 1.54) is 24.6 Å². The van der Waals surface area contributed by atoms with Crippen molar-refractivity contribution in [3.05, 3.63) is 0 Å².